The van der Waals surface area contributed by atoms with E-state index in [4.69, 9.17) is 14.2 Å². The number of amides is 1. The predicted octanol–water partition coefficient (Wildman–Crippen LogP) is 2.56. The molecule has 1 aromatic carbocycles. The lowest BCUT2D eigenvalue weighted by atomic mass is 10.1. The number of benzene rings is 1. The Bertz CT molecular complexity index is 1230. The average molecular weight is 434 g/mol. The van der Waals surface area contributed by atoms with E-state index in [0.29, 0.717) is 36.7 Å². The fraction of sp³-hybridized carbons (Fsp3) is 0.217. The van der Waals surface area contributed by atoms with Gasteiger partial charge in [-0.05, 0) is 48.9 Å². The first-order valence-corrected chi connectivity index (χ1v) is 9.79. The number of nitriles is 1. The zero-order chi connectivity index (χ0) is 22.9. The summed E-state index contributed by atoms with van der Waals surface area (Å²) in [6, 6.07) is 13.6. The number of carbonyl (C=O) groups excluding carboxylic acids is 1. The Morgan fingerprint density at radius 1 is 1.19 bits per heavy atom. The number of nitrogens with one attached hydrogen (secondary N) is 1. The summed E-state index contributed by atoms with van der Waals surface area (Å²) in [5.74, 6) is 0.430. The predicted molar refractivity (Wildman–Crippen MR) is 118 cm³/mol. The molecule has 0 bridgehead atoms. The molecule has 164 valence electrons. The monoisotopic (exact) mass is 434 g/mol. The van der Waals surface area contributed by atoms with Crippen molar-refractivity contribution in [2.45, 2.75) is 6.42 Å². The topological polar surface area (TPSA) is 115 Å². The lowest BCUT2D eigenvalue weighted by molar-refractivity contribution is -0.117. The van der Waals surface area contributed by atoms with Gasteiger partial charge in [0.25, 0.3) is 11.5 Å². The van der Waals surface area contributed by atoms with Gasteiger partial charge >= 0.3 is 0 Å². The van der Waals surface area contributed by atoms with E-state index in [9.17, 15) is 14.9 Å². The van der Waals surface area contributed by atoms with Crippen molar-refractivity contribution in [1.82, 2.24) is 14.7 Å². The minimum atomic E-state index is -0.600. The molecular weight excluding hydrogens is 412 g/mol. The van der Waals surface area contributed by atoms with Crippen molar-refractivity contribution in [2.75, 3.05) is 27.4 Å². The third-order valence-electron chi connectivity index (χ3n) is 4.47. The standard InChI is InChI=1S/C23H22N4O5/c1-30-13-5-11-25-21(28)16(15-24)14-19-22(32-18-9-7-17(31-2)8-10-18)26-20-6-3-4-12-27(20)23(19)29/h3-4,6-10,12,14H,5,11,13H2,1-2H3,(H,25,28). The number of fused-ring (bicyclic) bond motifs is 1. The number of hydrogen-bond acceptors (Lipinski definition) is 7. The highest BCUT2D eigenvalue weighted by atomic mass is 16.5. The number of ether oxygens (including phenoxy) is 3. The van der Waals surface area contributed by atoms with Crippen molar-refractivity contribution >= 4 is 17.6 Å². The number of hydrogen-bond donors (Lipinski definition) is 1. The fourth-order valence-electron chi connectivity index (χ4n) is 2.85. The second-order valence-electron chi connectivity index (χ2n) is 6.61. The van der Waals surface area contributed by atoms with Gasteiger partial charge in [0.05, 0.1) is 7.11 Å². The summed E-state index contributed by atoms with van der Waals surface area (Å²) in [5, 5.41) is 12.1. The van der Waals surface area contributed by atoms with Crippen LogP contribution in [0.5, 0.6) is 17.4 Å². The number of nitrogens with zero attached hydrogens (tertiary/aromatic N) is 3. The van der Waals surface area contributed by atoms with Crippen LogP contribution in [0.3, 0.4) is 0 Å². The van der Waals surface area contributed by atoms with Crippen LogP contribution in [-0.2, 0) is 9.53 Å². The molecule has 2 heterocycles. The molecule has 0 aliphatic rings. The first kappa shape index (κ1) is 22.5. The van der Waals surface area contributed by atoms with E-state index in [2.05, 4.69) is 10.3 Å². The Kier molecular flexibility index (Phi) is 7.56. The van der Waals surface area contributed by atoms with Crippen LogP contribution in [0.2, 0.25) is 0 Å². The van der Waals surface area contributed by atoms with Crippen LogP contribution in [-0.4, -0.2) is 42.7 Å². The summed E-state index contributed by atoms with van der Waals surface area (Å²) in [4.78, 5) is 30.0. The molecule has 9 nitrogen and oxygen atoms in total. The quantitative estimate of drug-likeness (QED) is 0.313. The van der Waals surface area contributed by atoms with Crippen molar-refractivity contribution in [2.24, 2.45) is 0 Å². The largest absolute Gasteiger partial charge is 0.497 e. The van der Waals surface area contributed by atoms with Crippen LogP contribution in [0.4, 0.5) is 0 Å². The van der Waals surface area contributed by atoms with E-state index in [1.165, 1.54) is 10.5 Å². The zero-order valence-electron chi connectivity index (χ0n) is 17.7. The second kappa shape index (κ2) is 10.7. The van der Waals surface area contributed by atoms with E-state index in [-0.39, 0.29) is 17.0 Å². The number of aromatic nitrogens is 2. The van der Waals surface area contributed by atoms with Gasteiger partial charge in [0.15, 0.2) is 0 Å². The second-order valence-corrected chi connectivity index (χ2v) is 6.61. The molecule has 0 radical (unpaired) electrons. The highest BCUT2D eigenvalue weighted by molar-refractivity contribution is 6.01. The van der Waals surface area contributed by atoms with E-state index in [1.54, 1.807) is 62.9 Å². The van der Waals surface area contributed by atoms with Crippen LogP contribution < -0.4 is 20.3 Å². The highest BCUT2D eigenvalue weighted by Crippen LogP contribution is 2.25. The molecule has 1 N–H and O–H groups in total. The van der Waals surface area contributed by atoms with Crippen LogP contribution >= 0.6 is 0 Å². The summed E-state index contributed by atoms with van der Waals surface area (Å²) >= 11 is 0. The Morgan fingerprint density at radius 3 is 2.62 bits per heavy atom. The van der Waals surface area contributed by atoms with Gasteiger partial charge in [-0.25, -0.2) is 0 Å². The maximum Gasteiger partial charge on any atom is 0.269 e. The van der Waals surface area contributed by atoms with Gasteiger partial charge in [0, 0.05) is 26.5 Å². The minimum Gasteiger partial charge on any atom is -0.497 e. The molecule has 1 amide bonds. The van der Waals surface area contributed by atoms with Crippen molar-refractivity contribution in [3.63, 3.8) is 0 Å². The molecule has 0 saturated carbocycles. The molecule has 3 aromatic rings. The normalized spacial score (nSPS) is 11.1. The average Bonchev–Trinajstić information content (AvgIpc) is 2.82. The highest BCUT2D eigenvalue weighted by Gasteiger charge is 2.17. The molecule has 3 rings (SSSR count). The molecule has 0 aliphatic heterocycles. The van der Waals surface area contributed by atoms with Gasteiger partial charge < -0.3 is 19.5 Å². The first-order chi connectivity index (χ1) is 15.6. The lowest BCUT2D eigenvalue weighted by Gasteiger charge is -2.11. The Balaban J connectivity index is 2.02. The third-order valence-corrected chi connectivity index (χ3v) is 4.47. The maximum atomic E-state index is 13.1. The number of pyridine rings is 1. The third kappa shape index (κ3) is 5.30. The fourth-order valence-corrected chi connectivity index (χ4v) is 2.85. The zero-order valence-corrected chi connectivity index (χ0v) is 17.7. The van der Waals surface area contributed by atoms with Crippen LogP contribution in [0.25, 0.3) is 11.7 Å². The molecule has 0 spiro atoms. The van der Waals surface area contributed by atoms with Gasteiger partial charge in [-0.2, -0.15) is 10.2 Å². The van der Waals surface area contributed by atoms with Crippen LogP contribution in [0, 0.1) is 11.3 Å². The molecule has 32 heavy (non-hydrogen) atoms. The molecule has 2 aromatic heterocycles. The molecule has 0 aliphatic carbocycles. The number of methoxy groups -OCH3 is 2. The number of carbonyl (C=O) groups is 1. The maximum absolute atomic E-state index is 13.1. The minimum absolute atomic E-state index is 0.0203. The van der Waals surface area contributed by atoms with Crippen molar-refractivity contribution < 1.29 is 19.0 Å². The first-order valence-electron chi connectivity index (χ1n) is 9.79. The Morgan fingerprint density at radius 2 is 1.94 bits per heavy atom. The number of rotatable bonds is 9. The SMILES string of the molecule is COCCCNC(=O)C(C#N)=Cc1c(Oc2ccc(OC)cc2)nc2ccccn2c1=O. The van der Waals surface area contributed by atoms with Crippen molar-refractivity contribution in [1.29, 1.82) is 5.26 Å². The van der Waals surface area contributed by atoms with E-state index < -0.39 is 11.5 Å². The molecule has 0 fully saturated rings. The summed E-state index contributed by atoms with van der Waals surface area (Å²) in [7, 11) is 3.11. The van der Waals surface area contributed by atoms with Crippen molar-refractivity contribution in [3.8, 4) is 23.4 Å². The smallest absolute Gasteiger partial charge is 0.269 e. The van der Waals surface area contributed by atoms with Gasteiger partial charge in [0.1, 0.15) is 34.4 Å². The summed E-state index contributed by atoms with van der Waals surface area (Å²) in [6.07, 6.45) is 3.34. The summed E-state index contributed by atoms with van der Waals surface area (Å²) < 4.78 is 17.3. The summed E-state index contributed by atoms with van der Waals surface area (Å²) in [6.45, 7) is 0.803. The van der Waals surface area contributed by atoms with Gasteiger partial charge in [-0.1, -0.05) is 6.07 Å². The van der Waals surface area contributed by atoms with Gasteiger partial charge in [0.2, 0.25) is 5.88 Å². The molecule has 0 unspecified atom stereocenters. The van der Waals surface area contributed by atoms with Crippen LogP contribution in [0.1, 0.15) is 12.0 Å². The van der Waals surface area contributed by atoms with Crippen molar-refractivity contribution in [3.05, 3.63) is 70.2 Å². The lowest BCUT2D eigenvalue weighted by Crippen LogP contribution is -2.27. The summed E-state index contributed by atoms with van der Waals surface area (Å²) in [5.41, 5.74) is -0.371. The van der Waals surface area contributed by atoms with Gasteiger partial charge in [-0.3, -0.25) is 14.0 Å². The molecule has 9 heteroatoms. The van der Waals surface area contributed by atoms with E-state index >= 15 is 0 Å². The molecular formula is C23H22N4O5. The van der Waals surface area contributed by atoms with Gasteiger partial charge in [-0.15, -0.1) is 0 Å². The van der Waals surface area contributed by atoms with Crippen LogP contribution in [0.15, 0.2) is 59.0 Å². The van der Waals surface area contributed by atoms with E-state index in [0.717, 1.165) is 0 Å². The Labute approximate surface area is 184 Å². The van der Waals surface area contributed by atoms with E-state index in [1.807, 2.05) is 6.07 Å². The Hall–Kier alpha value is -4.16. The molecule has 0 atom stereocenters. The molecule has 0 saturated heterocycles.